The van der Waals surface area contributed by atoms with Gasteiger partial charge < -0.3 is 5.11 Å². The van der Waals surface area contributed by atoms with Crippen LogP contribution >= 0.6 is 15.9 Å². The zero-order valence-corrected chi connectivity index (χ0v) is 9.95. The fourth-order valence-electron chi connectivity index (χ4n) is 1.55. The van der Waals surface area contributed by atoms with Crippen LogP contribution in [0.3, 0.4) is 0 Å². The molecule has 2 aromatic carbocycles. The summed E-state index contributed by atoms with van der Waals surface area (Å²) in [5.74, 6) is 0.321. The maximum Gasteiger partial charge on any atom is 0.123 e. The molecule has 0 saturated heterocycles. The van der Waals surface area contributed by atoms with Crippen LogP contribution in [-0.2, 0) is 0 Å². The Morgan fingerprint density at radius 1 is 1.00 bits per heavy atom. The van der Waals surface area contributed by atoms with Gasteiger partial charge in [0.25, 0.3) is 0 Å². The van der Waals surface area contributed by atoms with Gasteiger partial charge in [0.1, 0.15) is 5.75 Å². The molecule has 0 bridgehead atoms. The summed E-state index contributed by atoms with van der Waals surface area (Å²) in [6.45, 7) is 1.96. The molecule has 0 radical (unpaired) electrons. The standard InChI is InChI=1S/C13H11BrO/c1-9-6-7-11(13(15)8-9)10-4-2-3-5-12(10)14/h2-8,15H,1H3. The summed E-state index contributed by atoms with van der Waals surface area (Å²) >= 11 is 3.47. The van der Waals surface area contributed by atoms with E-state index in [1.807, 2.05) is 43.3 Å². The van der Waals surface area contributed by atoms with Gasteiger partial charge in [-0.1, -0.05) is 46.3 Å². The molecular formula is C13H11BrO. The third kappa shape index (κ3) is 2.05. The van der Waals surface area contributed by atoms with Crippen LogP contribution in [0, 0.1) is 6.92 Å². The molecule has 0 atom stereocenters. The van der Waals surface area contributed by atoms with Crippen molar-refractivity contribution < 1.29 is 5.11 Å². The van der Waals surface area contributed by atoms with E-state index in [0.29, 0.717) is 5.75 Å². The highest BCUT2D eigenvalue weighted by atomic mass is 79.9. The minimum Gasteiger partial charge on any atom is -0.507 e. The second kappa shape index (κ2) is 4.07. The van der Waals surface area contributed by atoms with Crippen LogP contribution in [0.1, 0.15) is 5.56 Å². The van der Waals surface area contributed by atoms with E-state index in [1.54, 1.807) is 6.07 Å². The third-order valence-electron chi connectivity index (χ3n) is 2.32. The smallest absolute Gasteiger partial charge is 0.123 e. The van der Waals surface area contributed by atoms with E-state index >= 15 is 0 Å². The topological polar surface area (TPSA) is 20.2 Å². The molecule has 0 aromatic heterocycles. The van der Waals surface area contributed by atoms with Gasteiger partial charge in [0.05, 0.1) is 0 Å². The minimum absolute atomic E-state index is 0.321. The van der Waals surface area contributed by atoms with E-state index in [1.165, 1.54) is 0 Å². The molecule has 0 aliphatic carbocycles. The maximum absolute atomic E-state index is 9.85. The number of hydrogen-bond donors (Lipinski definition) is 1. The largest absolute Gasteiger partial charge is 0.507 e. The van der Waals surface area contributed by atoms with Crippen molar-refractivity contribution in [1.82, 2.24) is 0 Å². The number of phenolic OH excluding ortho intramolecular Hbond substituents is 1. The van der Waals surface area contributed by atoms with Gasteiger partial charge in [-0.15, -0.1) is 0 Å². The van der Waals surface area contributed by atoms with Gasteiger partial charge in [0.15, 0.2) is 0 Å². The van der Waals surface area contributed by atoms with E-state index < -0.39 is 0 Å². The van der Waals surface area contributed by atoms with Gasteiger partial charge >= 0.3 is 0 Å². The van der Waals surface area contributed by atoms with E-state index in [-0.39, 0.29) is 0 Å². The highest BCUT2D eigenvalue weighted by molar-refractivity contribution is 9.10. The number of benzene rings is 2. The van der Waals surface area contributed by atoms with Gasteiger partial charge in [0.2, 0.25) is 0 Å². The highest BCUT2D eigenvalue weighted by Crippen LogP contribution is 2.34. The van der Waals surface area contributed by atoms with Crippen LogP contribution in [0.25, 0.3) is 11.1 Å². The van der Waals surface area contributed by atoms with Crippen molar-refractivity contribution in [3.05, 3.63) is 52.5 Å². The number of aryl methyl sites for hydroxylation is 1. The predicted octanol–water partition coefficient (Wildman–Crippen LogP) is 4.13. The van der Waals surface area contributed by atoms with Crippen LogP contribution in [0.2, 0.25) is 0 Å². The van der Waals surface area contributed by atoms with Gasteiger partial charge in [-0.3, -0.25) is 0 Å². The molecule has 0 aliphatic heterocycles. The van der Waals surface area contributed by atoms with Gasteiger partial charge in [0, 0.05) is 10.0 Å². The summed E-state index contributed by atoms with van der Waals surface area (Å²) in [7, 11) is 0. The Kier molecular flexibility index (Phi) is 2.78. The quantitative estimate of drug-likeness (QED) is 0.820. The Balaban J connectivity index is 2.60. The molecule has 0 unspecified atom stereocenters. The lowest BCUT2D eigenvalue weighted by molar-refractivity contribution is 0.477. The molecule has 0 amide bonds. The Labute approximate surface area is 97.5 Å². The van der Waals surface area contributed by atoms with Crippen LogP contribution in [-0.4, -0.2) is 5.11 Å². The van der Waals surface area contributed by atoms with Gasteiger partial charge in [-0.25, -0.2) is 0 Å². The molecule has 1 nitrogen and oxygen atoms in total. The Morgan fingerprint density at radius 2 is 1.73 bits per heavy atom. The average Bonchev–Trinajstić information content (AvgIpc) is 2.20. The van der Waals surface area contributed by atoms with Crippen molar-refractivity contribution >= 4 is 15.9 Å². The van der Waals surface area contributed by atoms with Crippen LogP contribution in [0.15, 0.2) is 46.9 Å². The number of aromatic hydroxyl groups is 1. The number of hydrogen-bond acceptors (Lipinski definition) is 1. The van der Waals surface area contributed by atoms with Crippen molar-refractivity contribution in [2.45, 2.75) is 6.92 Å². The lowest BCUT2D eigenvalue weighted by Crippen LogP contribution is -1.81. The lowest BCUT2D eigenvalue weighted by atomic mass is 10.0. The van der Waals surface area contributed by atoms with Crippen LogP contribution in [0.5, 0.6) is 5.75 Å². The summed E-state index contributed by atoms with van der Waals surface area (Å²) in [6.07, 6.45) is 0. The highest BCUT2D eigenvalue weighted by Gasteiger charge is 2.06. The summed E-state index contributed by atoms with van der Waals surface area (Å²) < 4.78 is 0.990. The lowest BCUT2D eigenvalue weighted by Gasteiger charge is -2.07. The van der Waals surface area contributed by atoms with Crippen LogP contribution in [0.4, 0.5) is 0 Å². The van der Waals surface area contributed by atoms with E-state index in [9.17, 15) is 5.11 Å². The number of halogens is 1. The average molecular weight is 263 g/mol. The second-order valence-electron chi connectivity index (χ2n) is 3.50. The molecule has 0 fully saturated rings. The van der Waals surface area contributed by atoms with Crippen molar-refractivity contribution in [3.63, 3.8) is 0 Å². The van der Waals surface area contributed by atoms with Gasteiger partial charge in [-0.2, -0.15) is 0 Å². The first-order valence-electron chi connectivity index (χ1n) is 4.73. The molecule has 76 valence electrons. The van der Waals surface area contributed by atoms with Crippen molar-refractivity contribution in [2.24, 2.45) is 0 Å². The predicted molar refractivity (Wildman–Crippen MR) is 66.0 cm³/mol. The monoisotopic (exact) mass is 262 g/mol. The van der Waals surface area contributed by atoms with E-state index in [4.69, 9.17) is 0 Å². The fraction of sp³-hybridized carbons (Fsp3) is 0.0769. The van der Waals surface area contributed by atoms with E-state index in [2.05, 4.69) is 15.9 Å². The molecule has 15 heavy (non-hydrogen) atoms. The third-order valence-corrected chi connectivity index (χ3v) is 3.01. The van der Waals surface area contributed by atoms with E-state index in [0.717, 1.165) is 21.2 Å². The zero-order valence-electron chi connectivity index (χ0n) is 8.37. The SMILES string of the molecule is Cc1ccc(-c2ccccc2Br)c(O)c1. The zero-order chi connectivity index (χ0) is 10.8. The summed E-state index contributed by atoms with van der Waals surface area (Å²) in [4.78, 5) is 0. The summed E-state index contributed by atoms with van der Waals surface area (Å²) in [5, 5.41) is 9.85. The summed E-state index contributed by atoms with van der Waals surface area (Å²) in [6, 6.07) is 13.6. The molecule has 2 rings (SSSR count). The summed E-state index contributed by atoms with van der Waals surface area (Å²) in [5.41, 5.74) is 2.92. The normalized spacial score (nSPS) is 10.3. The molecular weight excluding hydrogens is 252 g/mol. The number of rotatable bonds is 1. The van der Waals surface area contributed by atoms with Crippen molar-refractivity contribution in [1.29, 1.82) is 0 Å². The Hall–Kier alpha value is -1.28. The van der Waals surface area contributed by atoms with Crippen molar-refractivity contribution in [3.8, 4) is 16.9 Å². The number of phenols is 1. The fourth-order valence-corrected chi connectivity index (χ4v) is 2.05. The molecule has 2 heteroatoms. The molecule has 0 spiro atoms. The van der Waals surface area contributed by atoms with Crippen molar-refractivity contribution in [2.75, 3.05) is 0 Å². The molecule has 0 saturated carbocycles. The van der Waals surface area contributed by atoms with Gasteiger partial charge in [-0.05, 0) is 30.2 Å². The second-order valence-corrected chi connectivity index (χ2v) is 4.35. The molecule has 0 aliphatic rings. The molecule has 2 aromatic rings. The Bertz CT molecular complexity index is 492. The first-order valence-corrected chi connectivity index (χ1v) is 5.52. The maximum atomic E-state index is 9.85. The van der Waals surface area contributed by atoms with Crippen LogP contribution < -0.4 is 0 Å². The molecule has 1 N–H and O–H groups in total. The molecule has 0 heterocycles. The Morgan fingerprint density at radius 3 is 2.40 bits per heavy atom. The first-order chi connectivity index (χ1) is 7.18. The minimum atomic E-state index is 0.321. The first kappa shape index (κ1) is 10.2.